The van der Waals surface area contributed by atoms with Crippen LogP contribution < -0.4 is 10.3 Å². The van der Waals surface area contributed by atoms with Crippen molar-refractivity contribution in [2.24, 2.45) is 0 Å². The van der Waals surface area contributed by atoms with Gasteiger partial charge in [-0.15, -0.1) is 10.2 Å². The first-order valence-corrected chi connectivity index (χ1v) is 8.15. The molecule has 124 valence electrons. The summed E-state index contributed by atoms with van der Waals surface area (Å²) in [6.45, 7) is 1.50. The zero-order valence-electron chi connectivity index (χ0n) is 13.1. The quantitative estimate of drug-likeness (QED) is 0.667. The zero-order chi connectivity index (χ0) is 17.1. The van der Waals surface area contributed by atoms with Gasteiger partial charge in [0.05, 0.1) is 12.9 Å². The van der Waals surface area contributed by atoms with Crippen LogP contribution in [-0.2, 0) is 11.2 Å². The average molecular weight is 345 g/mol. The number of ketones is 1. The van der Waals surface area contributed by atoms with Crippen molar-refractivity contribution in [1.82, 2.24) is 24.8 Å². The van der Waals surface area contributed by atoms with E-state index in [2.05, 4.69) is 20.3 Å². The summed E-state index contributed by atoms with van der Waals surface area (Å²) < 4.78 is 6.57. The minimum Gasteiger partial charge on any atom is -0.497 e. The van der Waals surface area contributed by atoms with Gasteiger partial charge >= 0.3 is 0 Å². The van der Waals surface area contributed by atoms with Gasteiger partial charge in [0.25, 0.3) is 11.3 Å². The number of Topliss-reactive ketones (excluding diaryl/α,β-unsaturated/α-hetero) is 1. The van der Waals surface area contributed by atoms with Crippen molar-refractivity contribution in [2.45, 2.75) is 18.5 Å². The summed E-state index contributed by atoms with van der Waals surface area (Å²) in [7, 11) is 1.60. The highest BCUT2D eigenvalue weighted by atomic mass is 32.2. The summed E-state index contributed by atoms with van der Waals surface area (Å²) in [5, 5.41) is 12.6. The summed E-state index contributed by atoms with van der Waals surface area (Å²) in [5.41, 5.74) is 0.963. The number of ether oxygens (including phenoxy) is 1. The van der Waals surface area contributed by atoms with E-state index in [0.717, 1.165) is 11.3 Å². The second-order valence-electron chi connectivity index (χ2n) is 5.13. The normalized spacial score (nSPS) is 10.9. The Balaban J connectivity index is 1.91. The number of methoxy groups -OCH3 is 1. The van der Waals surface area contributed by atoms with Crippen LogP contribution in [0, 0.1) is 0 Å². The number of carbonyl (C=O) groups is 1. The minimum absolute atomic E-state index is 0.0274. The summed E-state index contributed by atoms with van der Waals surface area (Å²) in [6, 6.07) is 7.41. The van der Waals surface area contributed by atoms with Gasteiger partial charge in [-0.1, -0.05) is 23.9 Å². The summed E-state index contributed by atoms with van der Waals surface area (Å²) in [4.78, 5) is 25.9. The smallest absolute Gasteiger partial charge is 0.274 e. The molecule has 8 nitrogen and oxygen atoms in total. The molecule has 0 atom stereocenters. The minimum atomic E-state index is -0.311. The third-order valence-corrected chi connectivity index (χ3v) is 4.32. The van der Waals surface area contributed by atoms with Gasteiger partial charge in [-0.05, 0) is 24.6 Å². The molecule has 0 saturated heterocycles. The lowest BCUT2D eigenvalue weighted by Gasteiger charge is -2.04. The average Bonchev–Trinajstić information content (AvgIpc) is 2.96. The third-order valence-electron chi connectivity index (χ3n) is 3.26. The van der Waals surface area contributed by atoms with E-state index in [4.69, 9.17) is 4.74 Å². The number of hydrogen-bond acceptors (Lipinski definition) is 7. The number of H-pyrrole nitrogens is 1. The molecule has 0 bridgehead atoms. The summed E-state index contributed by atoms with van der Waals surface area (Å²) in [5.74, 6) is 1.30. The third kappa shape index (κ3) is 3.46. The summed E-state index contributed by atoms with van der Waals surface area (Å²) >= 11 is 1.23. The number of fused-ring (bicyclic) bond motifs is 1. The predicted molar refractivity (Wildman–Crippen MR) is 88.6 cm³/mol. The Morgan fingerprint density at radius 3 is 2.71 bits per heavy atom. The Bertz CT molecular complexity index is 932. The molecule has 1 N–H and O–H groups in total. The highest BCUT2D eigenvalue weighted by Crippen LogP contribution is 2.16. The van der Waals surface area contributed by atoms with Gasteiger partial charge in [0.15, 0.2) is 0 Å². The topological polar surface area (TPSA) is 102 Å². The molecule has 0 fully saturated rings. The maximum absolute atomic E-state index is 12.2. The van der Waals surface area contributed by atoms with Crippen LogP contribution in [0.5, 0.6) is 5.75 Å². The molecule has 3 aromatic rings. The molecule has 3 rings (SSSR count). The van der Waals surface area contributed by atoms with Gasteiger partial charge in [0.1, 0.15) is 17.2 Å². The van der Waals surface area contributed by atoms with E-state index in [9.17, 15) is 9.59 Å². The van der Waals surface area contributed by atoms with E-state index in [0.29, 0.717) is 17.3 Å². The van der Waals surface area contributed by atoms with Crippen LogP contribution in [0.3, 0.4) is 0 Å². The summed E-state index contributed by atoms with van der Waals surface area (Å²) in [6.07, 6.45) is 0.365. The van der Waals surface area contributed by atoms with Crippen molar-refractivity contribution >= 4 is 23.3 Å². The van der Waals surface area contributed by atoms with Gasteiger partial charge in [-0.2, -0.15) is 9.61 Å². The molecule has 0 aliphatic rings. The Kier molecular flexibility index (Phi) is 4.61. The van der Waals surface area contributed by atoms with Gasteiger partial charge in [0, 0.05) is 6.42 Å². The van der Waals surface area contributed by atoms with Crippen LogP contribution in [0.4, 0.5) is 0 Å². The maximum Gasteiger partial charge on any atom is 0.274 e. The fourth-order valence-corrected chi connectivity index (χ4v) is 2.76. The van der Waals surface area contributed by atoms with Gasteiger partial charge in [-0.3, -0.25) is 14.6 Å². The van der Waals surface area contributed by atoms with E-state index in [1.807, 2.05) is 24.3 Å². The fraction of sp³-hybridized carbons (Fsp3) is 0.267. The monoisotopic (exact) mass is 345 g/mol. The van der Waals surface area contributed by atoms with Crippen LogP contribution in [0.25, 0.3) is 5.78 Å². The molecule has 1 aromatic carbocycles. The number of rotatable bonds is 6. The highest BCUT2D eigenvalue weighted by molar-refractivity contribution is 7.99. The van der Waals surface area contributed by atoms with E-state index in [1.54, 1.807) is 7.11 Å². The number of aromatic nitrogens is 5. The number of carbonyl (C=O) groups excluding carboxylic acids is 1. The first-order chi connectivity index (χ1) is 11.6. The molecule has 9 heteroatoms. The molecule has 0 amide bonds. The van der Waals surface area contributed by atoms with Crippen LogP contribution in [0.15, 0.2) is 34.2 Å². The highest BCUT2D eigenvalue weighted by Gasteiger charge is 2.13. The SMILES string of the molecule is COc1ccc(Cc2nn3c(SCC(C)=O)nnc3[nH]c2=O)cc1. The number of benzene rings is 1. The number of nitrogens with one attached hydrogen (secondary N) is 1. The number of nitrogens with zero attached hydrogens (tertiary/aromatic N) is 4. The van der Waals surface area contributed by atoms with E-state index in [-0.39, 0.29) is 22.9 Å². The van der Waals surface area contributed by atoms with Crippen LogP contribution in [0.1, 0.15) is 18.2 Å². The van der Waals surface area contributed by atoms with Crippen molar-refractivity contribution < 1.29 is 9.53 Å². The number of hydrogen-bond donors (Lipinski definition) is 1. The molecule has 24 heavy (non-hydrogen) atoms. The molecule has 0 unspecified atom stereocenters. The lowest BCUT2D eigenvalue weighted by molar-refractivity contribution is -0.114. The standard InChI is InChI=1S/C15H15N5O3S/c1-9(21)8-24-15-18-17-14-16-13(22)12(19-20(14)15)7-10-3-5-11(23-2)6-4-10/h3-6H,7-8H2,1-2H3,(H,16,17,22). The van der Waals surface area contributed by atoms with Crippen molar-refractivity contribution in [3.05, 3.63) is 45.9 Å². The Labute approximate surface area is 141 Å². The molecule has 0 radical (unpaired) electrons. The molecule has 2 aromatic heterocycles. The van der Waals surface area contributed by atoms with Crippen LogP contribution >= 0.6 is 11.8 Å². The van der Waals surface area contributed by atoms with E-state index < -0.39 is 0 Å². The van der Waals surface area contributed by atoms with Crippen molar-refractivity contribution in [2.75, 3.05) is 12.9 Å². The van der Waals surface area contributed by atoms with E-state index in [1.165, 1.54) is 23.2 Å². The van der Waals surface area contributed by atoms with E-state index >= 15 is 0 Å². The first-order valence-electron chi connectivity index (χ1n) is 7.16. The molecule has 0 spiro atoms. The second kappa shape index (κ2) is 6.83. The second-order valence-corrected chi connectivity index (χ2v) is 6.08. The fourth-order valence-electron chi connectivity index (χ4n) is 2.08. The number of thioether (sulfide) groups is 1. The van der Waals surface area contributed by atoms with Gasteiger partial charge in [-0.25, -0.2) is 0 Å². The van der Waals surface area contributed by atoms with Crippen molar-refractivity contribution in [3.8, 4) is 5.75 Å². The molecule has 0 saturated carbocycles. The van der Waals surface area contributed by atoms with Crippen LogP contribution in [-0.4, -0.2) is 43.4 Å². The maximum atomic E-state index is 12.2. The Hall–Kier alpha value is -2.68. The molecule has 0 aliphatic carbocycles. The lowest BCUT2D eigenvalue weighted by Crippen LogP contribution is -2.19. The lowest BCUT2D eigenvalue weighted by atomic mass is 10.1. The Morgan fingerprint density at radius 2 is 2.04 bits per heavy atom. The predicted octanol–water partition coefficient (Wildman–Crippen LogP) is 1.09. The van der Waals surface area contributed by atoms with Crippen LogP contribution in [0.2, 0.25) is 0 Å². The zero-order valence-corrected chi connectivity index (χ0v) is 14.0. The molecular formula is C15H15N5O3S. The van der Waals surface area contributed by atoms with Crippen molar-refractivity contribution in [1.29, 1.82) is 0 Å². The first kappa shape index (κ1) is 16.2. The molecular weight excluding hydrogens is 330 g/mol. The van der Waals surface area contributed by atoms with Crippen molar-refractivity contribution in [3.63, 3.8) is 0 Å². The van der Waals surface area contributed by atoms with Gasteiger partial charge in [0.2, 0.25) is 5.16 Å². The largest absolute Gasteiger partial charge is 0.497 e. The Morgan fingerprint density at radius 1 is 1.29 bits per heavy atom. The van der Waals surface area contributed by atoms with Gasteiger partial charge < -0.3 is 4.74 Å². The molecule has 0 aliphatic heterocycles. The molecule has 2 heterocycles. The number of aromatic amines is 1.